The van der Waals surface area contributed by atoms with Crippen LogP contribution in [-0.4, -0.2) is 11.1 Å². The monoisotopic (exact) mass is 172 g/mol. The number of allylic oxidation sites excluding steroid dienone is 1. The minimum absolute atomic E-state index is 0.429. The van der Waals surface area contributed by atoms with E-state index in [1.165, 1.54) is 0 Å². The molecule has 0 saturated heterocycles. The van der Waals surface area contributed by atoms with Crippen molar-refractivity contribution < 1.29 is 14.3 Å². The second kappa shape index (κ2) is 3.70. The van der Waals surface area contributed by atoms with Crippen LogP contribution >= 0.6 is 0 Å². The number of carbonyl (C=O) groups is 1. The van der Waals surface area contributed by atoms with E-state index in [1.54, 1.807) is 0 Å². The molecule has 0 bridgehead atoms. The predicted octanol–water partition coefficient (Wildman–Crippen LogP) is 2.50. The highest BCUT2D eigenvalue weighted by atomic mass is 19.1. The van der Waals surface area contributed by atoms with Crippen molar-refractivity contribution in [3.63, 3.8) is 0 Å². The molecule has 0 radical (unpaired) electrons. The molecule has 0 aliphatic heterocycles. The summed E-state index contributed by atoms with van der Waals surface area (Å²) in [5.74, 6) is -1.92. The third-order valence-electron chi connectivity index (χ3n) is 2.27. The molecule has 1 fully saturated rings. The number of hydrogen-bond donors (Lipinski definition) is 1. The van der Waals surface area contributed by atoms with Crippen LogP contribution < -0.4 is 0 Å². The number of hydrogen-bond acceptors (Lipinski definition) is 1. The molecule has 1 saturated carbocycles. The van der Waals surface area contributed by atoms with E-state index in [-0.39, 0.29) is 0 Å². The highest BCUT2D eigenvalue weighted by molar-refractivity contribution is 5.84. The van der Waals surface area contributed by atoms with Crippen molar-refractivity contribution in [2.75, 3.05) is 0 Å². The van der Waals surface area contributed by atoms with Crippen LogP contribution in [0.3, 0.4) is 0 Å². The van der Waals surface area contributed by atoms with Crippen LogP contribution in [0.25, 0.3) is 0 Å². The lowest BCUT2D eigenvalue weighted by Gasteiger charge is -2.20. The van der Waals surface area contributed by atoms with E-state index >= 15 is 0 Å². The molecule has 1 N–H and O–H groups in total. The first kappa shape index (κ1) is 9.23. The summed E-state index contributed by atoms with van der Waals surface area (Å²) in [6.45, 7) is 2.02. The standard InChI is InChI=1S/C9H13FO2/c1-6-3-2-4-7(5-6)8(10)9(11)12/h6H,2-5H2,1H3,(H,11,12)/b8-7-. The van der Waals surface area contributed by atoms with Gasteiger partial charge in [-0.2, -0.15) is 4.39 Å². The fourth-order valence-electron chi connectivity index (χ4n) is 1.64. The van der Waals surface area contributed by atoms with Gasteiger partial charge in [-0.25, -0.2) is 4.79 Å². The van der Waals surface area contributed by atoms with Crippen LogP contribution in [0.15, 0.2) is 11.4 Å². The lowest BCUT2D eigenvalue weighted by molar-refractivity contribution is -0.134. The van der Waals surface area contributed by atoms with Gasteiger partial charge in [0, 0.05) is 0 Å². The van der Waals surface area contributed by atoms with Gasteiger partial charge in [0.2, 0.25) is 5.83 Å². The zero-order valence-electron chi connectivity index (χ0n) is 7.14. The minimum Gasteiger partial charge on any atom is -0.476 e. The second-order valence-corrected chi connectivity index (χ2v) is 3.42. The van der Waals surface area contributed by atoms with Crippen molar-refractivity contribution in [3.05, 3.63) is 11.4 Å². The highest BCUT2D eigenvalue weighted by Crippen LogP contribution is 2.30. The van der Waals surface area contributed by atoms with Crippen LogP contribution in [0.4, 0.5) is 4.39 Å². The Hall–Kier alpha value is -0.860. The molecule has 2 nitrogen and oxygen atoms in total. The zero-order chi connectivity index (χ0) is 9.14. The summed E-state index contributed by atoms with van der Waals surface area (Å²) in [4.78, 5) is 10.3. The average molecular weight is 172 g/mol. The van der Waals surface area contributed by atoms with Crippen LogP contribution in [0.2, 0.25) is 0 Å². The number of carboxylic acids is 1. The maximum atomic E-state index is 12.9. The molecule has 68 valence electrons. The first-order valence-corrected chi connectivity index (χ1v) is 4.22. The molecule has 0 aromatic rings. The first-order valence-electron chi connectivity index (χ1n) is 4.22. The van der Waals surface area contributed by atoms with Crippen LogP contribution in [-0.2, 0) is 4.79 Å². The Balaban J connectivity index is 2.72. The van der Waals surface area contributed by atoms with Crippen molar-refractivity contribution in [1.82, 2.24) is 0 Å². The molecule has 0 spiro atoms. The van der Waals surface area contributed by atoms with Crippen molar-refractivity contribution in [3.8, 4) is 0 Å². The van der Waals surface area contributed by atoms with E-state index in [0.29, 0.717) is 24.3 Å². The van der Waals surface area contributed by atoms with Crippen molar-refractivity contribution in [1.29, 1.82) is 0 Å². The molecule has 3 heteroatoms. The van der Waals surface area contributed by atoms with Gasteiger partial charge in [-0.15, -0.1) is 0 Å². The Bertz CT molecular complexity index is 221. The highest BCUT2D eigenvalue weighted by Gasteiger charge is 2.19. The molecular weight excluding hydrogens is 159 g/mol. The molecule has 0 aromatic carbocycles. The molecule has 0 heterocycles. The van der Waals surface area contributed by atoms with E-state index < -0.39 is 11.8 Å². The largest absolute Gasteiger partial charge is 0.476 e. The van der Waals surface area contributed by atoms with Gasteiger partial charge >= 0.3 is 5.97 Å². The molecule has 1 aliphatic rings. The maximum absolute atomic E-state index is 12.9. The third kappa shape index (κ3) is 2.06. The van der Waals surface area contributed by atoms with Crippen molar-refractivity contribution >= 4 is 5.97 Å². The van der Waals surface area contributed by atoms with E-state index in [2.05, 4.69) is 0 Å². The zero-order valence-corrected chi connectivity index (χ0v) is 7.14. The summed E-state index contributed by atoms with van der Waals surface area (Å²) in [5.41, 5.74) is 0.487. The Morgan fingerprint density at radius 1 is 1.67 bits per heavy atom. The number of carboxylic acid groups (broad SMARTS) is 1. The normalized spacial score (nSPS) is 28.3. The Kier molecular flexibility index (Phi) is 2.84. The van der Waals surface area contributed by atoms with Crippen molar-refractivity contribution in [2.24, 2.45) is 5.92 Å². The van der Waals surface area contributed by atoms with Crippen LogP contribution in [0.1, 0.15) is 32.6 Å². The molecule has 0 aromatic heterocycles. The van der Waals surface area contributed by atoms with Crippen LogP contribution in [0.5, 0.6) is 0 Å². The van der Waals surface area contributed by atoms with Gasteiger partial charge in [0.05, 0.1) is 0 Å². The van der Waals surface area contributed by atoms with E-state index in [1.807, 2.05) is 6.92 Å². The van der Waals surface area contributed by atoms with Crippen LogP contribution in [0, 0.1) is 5.92 Å². The Morgan fingerprint density at radius 3 is 2.83 bits per heavy atom. The van der Waals surface area contributed by atoms with Gasteiger partial charge in [0.1, 0.15) is 0 Å². The Morgan fingerprint density at radius 2 is 2.33 bits per heavy atom. The van der Waals surface area contributed by atoms with Gasteiger partial charge in [0.25, 0.3) is 0 Å². The minimum atomic E-state index is -1.42. The fourth-order valence-corrected chi connectivity index (χ4v) is 1.64. The van der Waals surface area contributed by atoms with Gasteiger partial charge in [-0.05, 0) is 30.8 Å². The lowest BCUT2D eigenvalue weighted by Crippen LogP contribution is -2.09. The number of halogens is 1. The van der Waals surface area contributed by atoms with Gasteiger partial charge in [0.15, 0.2) is 0 Å². The summed E-state index contributed by atoms with van der Waals surface area (Å²) >= 11 is 0. The summed E-state index contributed by atoms with van der Waals surface area (Å²) in [5, 5.41) is 8.39. The molecule has 1 aliphatic carbocycles. The predicted molar refractivity (Wildman–Crippen MR) is 43.4 cm³/mol. The molecule has 1 rings (SSSR count). The molecule has 12 heavy (non-hydrogen) atoms. The average Bonchev–Trinajstić information content (AvgIpc) is 2.03. The molecular formula is C9H13FO2. The Labute approximate surface area is 71.1 Å². The topological polar surface area (TPSA) is 37.3 Å². The second-order valence-electron chi connectivity index (χ2n) is 3.42. The smallest absolute Gasteiger partial charge is 0.364 e. The molecule has 1 atom stereocenters. The maximum Gasteiger partial charge on any atom is 0.364 e. The summed E-state index contributed by atoms with van der Waals surface area (Å²) in [6, 6.07) is 0. The van der Waals surface area contributed by atoms with E-state index in [9.17, 15) is 9.18 Å². The number of rotatable bonds is 1. The van der Waals surface area contributed by atoms with E-state index in [0.717, 1.165) is 12.8 Å². The van der Waals surface area contributed by atoms with Gasteiger partial charge in [-0.1, -0.05) is 13.3 Å². The van der Waals surface area contributed by atoms with Gasteiger partial charge in [-0.3, -0.25) is 0 Å². The number of aliphatic carboxylic acids is 1. The van der Waals surface area contributed by atoms with E-state index in [4.69, 9.17) is 5.11 Å². The summed E-state index contributed by atoms with van der Waals surface area (Å²) < 4.78 is 12.9. The quantitative estimate of drug-likeness (QED) is 0.617. The van der Waals surface area contributed by atoms with Gasteiger partial charge < -0.3 is 5.11 Å². The lowest BCUT2D eigenvalue weighted by atomic mass is 9.86. The fraction of sp³-hybridized carbons (Fsp3) is 0.667. The molecule has 0 amide bonds. The third-order valence-corrected chi connectivity index (χ3v) is 2.27. The SMILES string of the molecule is CC1CCC/C(=C(/F)C(=O)O)C1. The molecule has 1 unspecified atom stereocenters. The summed E-state index contributed by atoms with van der Waals surface area (Å²) in [6.07, 6.45) is 3.22. The first-order chi connectivity index (χ1) is 5.61. The summed E-state index contributed by atoms with van der Waals surface area (Å²) in [7, 11) is 0. The van der Waals surface area contributed by atoms with Crippen molar-refractivity contribution in [2.45, 2.75) is 32.6 Å².